The molecule has 1 atom stereocenters. The van der Waals surface area contributed by atoms with Crippen molar-refractivity contribution in [3.05, 3.63) is 68.7 Å². The average molecular weight is 499 g/mol. The quantitative estimate of drug-likeness (QED) is 0.538. The van der Waals surface area contributed by atoms with Crippen LogP contribution in [0.25, 0.3) is 10.9 Å². The minimum Gasteiger partial charge on any atom is -0.331 e. The predicted octanol–water partition coefficient (Wildman–Crippen LogP) is 4.60. The molecule has 2 aromatic carbocycles. The molecule has 2 heterocycles. The Morgan fingerprint density at radius 3 is 2.53 bits per heavy atom. The van der Waals surface area contributed by atoms with Crippen LogP contribution in [0, 0.1) is 0 Å². The molecule has 34 heavy (non-hydrogen) atoms. The second-order valence-corrected chi connectivity index (χ2v) is 9.72. The van der Waals surface area contributed by atoms with Crippen molar-refractivity contribution in [1.29, 1.82) is 0 Å². The van der Waals surface area contributed by atoms with Crippen LogP contribution in [-0.4, -0.2) is 38.9 Å². The fourth-order valence-electron chi connectivity index (χ4n) is 4.63. The highest BCUT2D eigenvalue weighted by Gasteiger charge is 2.34. The summed E-state index contributed by atoms with van der Waals surface area (Å²) in [6.45, 7) is 0.522. The highest BCUT2D eigenvalue weighted by Crippen LogP contribution is 2.35. The molecule has 9 heteroatoms. The first-order valence-corrected chi connectivity index (χ1v) is 12.2. The van der Waals surface area contributed by atoms with Crippen LogP contribution in [0.1, 0.15) is 44.0 Å². The maximum atomic E-state index is 13.1. The van der Waals surface area contributed by atoms with Crippen molar-refractivity contribution in [3.8, 4) is 0 Å². The van der Waals surface area contributed by atoms with E-state index in [1.54, 1.807) is 33.7 Å². The molecule has 3 aromatic rings. The molecule has 1 unspecified atom stereocenters. The molecule has 176 valence electrons. The van der Waals surface area contributed by atoms with Crippen molar-refractivity contribution in [2.45, 2.75) is 50.6 Å². The molecular formula is C25H24Cl2N4O3. The van der Waals surface area contributed by atoms with Crippen LogP contribution < -0.4 is 10.9 Å². The number of aromatic nitrogens is 2. The molecule has 2 aliphatic rings. The van der Waals surface area contributed by atoms with Crippen LogP contribution in [0.15, 0.2) is 47.3 Å². The number of para-hydroxylation sites is 1. The fraction of sp³-hybridized carbons (Fsp3) is 0.360. The minimum absolute atomic E-state index is 0.0471. The van der Waals surface area contributed by atoms with Crippen LogP contribution in [0.2, 0.25) is 10.0 Å². The minimum atomic E-state index is -0.555. The Kier molecular flexibility index (Phi) is 6.32. The van der Waals surface area contributed by atoms with Gasteiger partial charge >= 0.3 is 0 Å². The first kappa shape index (κ1) is 22.9. The van der Waals surface area contributed by atoms with Crippen LogP contribution in [0.3, 0.4) is 0 Å². The first-order valence-electron chi connectivity index (χ1n) is 11.5. The summed E-state index contributed by atoms with van der Waals surface area (Å²) in [7, 11) is 0. The monoisotopic (exact) mass is 498 g/mol. The lowest BCUT2D eigenvalue weighted by Crippen LogP contribution is -2.43. The van der Waals surface area contributed by atoms with E-state index in [2.05, 4.69) is 5.32 Å². The number of hydrogen-bond acceptors (Lipinski definition) is 4. The highest BCUT2D eigenvalue weighted by molar-refractivity contribution is 6.35. The number of nitrogens with one attached hydrogen (secondary N) is 1. The van der Waals surface area contributed by atoms with Crippen LogP contribution in [-0.2, 0) is 16.0 Å². The van der Waals surface area contributed by atoms with E-state index in [1.807, 2.05) is 18.2 Å². The summed E-state index contributed by atoms with van der Waals surface area (Å²) in [5, 5.41) is 4.27. The van der Waals surface area contributed by atoms with Crippen LogP contribution in [0.4, 0.5) is 5.69 Å². The van der Waals surface area contributed by atoms with Gasteiger partial charge in [0.15, 0.2) is 0 Å². The third-order valence-corrected chi connectivity index (χ3v) is 6.80. The third kappa shape index (κ3) is 4.68. The van der Waals surface area contributed by atoms with Gasteiger partial charge in [0.1, 0.15) is 11.9 Å². The van der Waals surface area contributed by atoms with E-state index < -0.39 is 6.04 Å². The molecule has 5 rings (SSSR count). The number of fused-ring (bicyclic) bond motifs is 1. The number of amides is 2. The maximum Gasteiger partial charge on any atom is 0.261 e. The Balaban J connectivity index is 1.30. The number of likely N-dealkylation sites (tertiary alicyclic amines) is 1. The maximum absolute atomic E-state index is 13.1. The zero-order valence-electron chi connectivity index (χ0n) is 18.5. The molecule has 0 radical (unpaired) electrons. The standard InChI is InChI=1S/C25H24Cl2N4O3/c26-15-12-16(27)14-17(13-15)28-24(33)21-6-3-11-30(21)23(32)10-9-22-29-20-5-2-1-4-19(20)25(34)31(22)18-7-8-18/h1-2,4-5,12-14,18,21H,3,6-11H2,(H,28,33). The van der Waals surface area contributed by atoms with E-state index in [0.29, 0.717) is 51.8 Å². The molecule has 2 fully saturated rings. The third-order valence-electron chi connectivity index (χ3n) is 6.36. The Morgan fingerprint density at radius 2 is 1.79 bits per heavy atom. The molecule has 1 aromatic heterocycles. The zero-order chi connectivity index (χ0) is 23.8. The number of carbonyl (C=O) groups excluding carboxylic acids is 2. The number of aryl methyl sites for hydroxylation is 1. The zero-order valence-corrected chi connectivity index (χ0v) is 20.0. The lowest BCUT2D eigenvalue weighted by molar-refractivity contribution is -0.136. The van der Waals surface area contributed by atoms with Crippen molar-refractivity contribution in [2.75, 3.05) is 11.9 Å². The number of nitrogens with zero attached hydrogens (tertiary/aromatic N) is 3. The van der Waals surface area contributed by atoms with Crippen LogP contribution >= 0.6 is 23.2 Å². The summed E-state index contributed by atoms with van der Waals surface area (Å²) in [5.41, 5.74) is 1.09. The highest BCUT2D eigenvalue weighted by atomic mass is 35.5. The van der Waals surface area contributed by atoms with E-state index in [4.69, 9.17) is 28.2 Å². The SMILES string of the molecule is O=C(Nc1cc(Cl)cc(Cl)c1)C1CCCN1C(=O)CCc1nc2ccccc2c(=O)n1C1CC1. The van der Waals surface area contributed by atoms with Gasteiger partial charge in [0.25, 0.3) is 5.56 Å². The number of benzene rings is 2. The Labute approximate surface area is 206 Å². The Hall–Kier alpha value is -2.90. The van der Waals surface area contributed by atoms with Gasteiger partial charge < -0.3 is 10.2 Å². The number of rotatable bonds is 6. The number of halogens is 2. The lowest BCUT2D eigenvalue weighted by atomic mass is 10.1. The normalized spacial score (nSPS) is 17.8. The van der Waals surface area contributed by atoms with E-state index in [0.717, 1.165) is 19.3 Å². The topological polar surface area (TPSA) is 84.3 Å². The van der Waals surface area contributed by atoms with Crippen molar-refractivity contribution in [1.82, 2.24) is 14.5 Å². The summed E-state index contributed by atoms with van der Waals surface area (Å²) >= 11 is 12.1. The molecule has 1 aliphatic carbocycles. The number of carbonyl (C=O) groups is 2. The smallest absolute Gasteiger partial charge is 0.261 e. The van der Waals surface area contributed by atoms with Gasteiger partial charge in [0.05, 0.1) is 10.9 Å². The van der Waals surface area contributed by atoms with Gasteiger partial charge in [0.2, 0.25) is 11.8 Å². The predicted molar refractivity (Wildman–Crippen MR) is 132 cm³/mol. The fourth-order valence-corrected chi connectivity index (χ4v) is 5.16. The van der Waals surface area contributed by atoms with Crippen molar-refractivity contribution >= 4 is 51.6 Å². The van der Waals surface area contributed by atoms with E-state index in [9.17, 15) is 14.4 Å². The molecule has 1 saturated carbocycles. The molecule has 1 aliphatic heterocycles. The summed E-state index contributed by atoms with van der Waals surface area (Å²) in [4.78, 5) is 45.4. The van der Waals surface area contributed by atoms with Crippen molar-refractivity contribution < 1.29 is 9.59 Å². The average Bonchev–Trinajstić information content (AvgIpc) is 3.50. The number of anilines is 1. The van der Waals surface area contributed by atoms with E-state index in [-0.39, 0.29) is 29.8 Å². The summed E-state index contributed by atoms with van der Waals surface area (Å²) in [5.74, 6) is 0.253. The molecule has 0 bridgehead atoms. The summed E-state index contributed by atoms with van der Waals surface area (Å²) in [6.07, 6.45) is 3.77. The largest absolute Gasteiger partial charge is 0.331 e. The van der Waals surface area contributed by atoms with Gasteiger partial charge in [-0.15, -0.1) is 0 Å². The van der Waals surface area contributed by atoms with Gasteiger partial charge in [-0.3, -0.25) is 19.0 Å². The first-order chi connectivity index (χ1) is 16.4. The molecule has 1 saturated heterocycles. The van der Waals surface area contributed by atoms with Crippen molar-refractivity contribution in [3.63, 3.8) is 0 Å². The van der Waals surface area contributed by atoms with Gasteiger partial charge in [0, 0.05) is 41.2 Å². The second-order valence-electron chi connectivity index (χ2n) is 8.84. The van der Waals surface area contributed by atoms with Crippen molar-refractivity contribution in [2.24, 2.45) is 0 Å². The van der Waals surface area contributed by atoms with Gasteiger partial charge in [-0.2, -0.15) is 0 Å². The molecule has 0 spiro atoms. The summed E-state index contributed by atoms with van der Waals surface area (Å²) in [6, 6.07) is 11.7. The van der Waals surface area contributed by atoms with E-state index >= 15 is 0 Å². The van der Waals surface area contributed by atoms with E-state index in [1.165, 1.54) is 0 Å². The molecule has 1 N–H and O–H groups in total. The molecule has 2 amide bonds. The lowest BCUT2D eigenvalue weighted by Gasteiger charge is -2.24. The van der Waals surface area contributed by atoms with Gasteiger partial charge in [-0.05, 0) is 56.0 Å². The Morgan fingerprint density at radius 1 is 1.06 bits per heavy atom. The summed E-state index contributed by atoms with van der Waals surface area (Å²) < 4.78 is 1.76. The Bertz CT molecular complexity index is 1320. The molecule has 7 nitrogen and oxygen atoms in total. The molecular weight excluding hydrogens is 475 g/mol. The second kappa shape index (κ2) is 9.39. The number of hydrogen-bond donors (Lipinski definition) is 1. The van der Waals surface area contributed by atoms with Crippen LogP contribution in [0.5, 0.6) is 0 Å². The van der Waals surface area contributed by atoms with Gasteiger partial charge in [-0.25, -0.2) is 4.98 Å². The van der Waals surface area contributed by atoms with Gasteiger partial charge in [-0.1, -0.05) is 35.3 Å².